The highest BCUT2D eigenvalue weighted by Gasteiger charge is 2.55. The summed E-state index contributed by atoms with van der Waals surface area (Å²) in [6, 6.07) is 5.80. The zero-order valence-corrected chi connectivity index (χ0v) is 17.0. The summed E-state index contributed by atoms with van der Waals surface area (Å²) in [6.07, 6.45) is -1.06. The molecule has 28 heavy (non-hydrogen) atoms. The number of carbonyl (C=O) groups is 2. The van der Waals surface area contributed by atoms with Crippen LogP contribution in [0.4, 0.5) is 4.79 Å². The van der Waals surface area contributed by atoms with Gasteiger partial charge in [0, 0.05) is 0 Å². The first-order chi connectivity index (χ1) is 12.9. The number of nitrogens with one attached hydrogen (secondary N) is 1. The van der Waals surface area contributed by atoms with Crippen molar-refractivity contribution in [2.45, 2.75) is 57.2 Å². The third kappa shape index (κ3) is 5.99. The highest BCUT2D eigenvalue weighted by molar-refractivity contribution is 7.88. The summed E-state index contributed by atoms with van der Waals surface area (Å²) < 4.78 is 38.0. The van der Waals surface area contributed by atoms with Gasteiger partial charge in [-0.15, -0.1) is 0 Å². The van der Waals surface area contributed by atoms with E-state index in [-0.39, 0.29) is 25.4 Å². The van der Waals surface area contributed by atoms with Crippen LogP contribution in [0.3, 0.4) is 0 Å². The number of carbonyl (C=O) groups excluding carboxylic acids is 2. The lowest BCUT2D eigenvalue weighted by molar-refractivity contribution is -0.134. The van der Waals surface area contributed by atoms with Crippen molar-refractivity contribution in [1.82, 2.24) is 5.32 Å². The Hall–Kier alpha value is -2.01. The number of amides is 1. The fraction of sp³-hybridized carbons (Fsp3) is 0.556. The van der Waals surface area contributed by atoms with Crippen LogP contribution in [0, 0.1) is 5.92 Å². The predicted molar refractivity (Wildman–Crippen MR) is 103 cm³/mol. The first-order valence-corrected chi connectivity index (χ1v) is 10.3. The molecule has 1 aromatic rings. The Bertz CT molecular complexity index is 767. The number of hydrogen-bond donors (Lipinski definition) is 4. The Morgan fingerprint density at radius 3 is 2.29 bits per heavy atom. The molecule has 1 rings (SSSR count). The van der Waals surface area contributed by atoms with Gasteiger partial charge >= 0.3 is 16.2 Å². The largest absolute Gasteiger partial charge is 0.445 e. The molecule has 2 unspecified atom stereocenters. The molecular weight excluding hydrogens is 388 g/mol. The fourth-order valence-electron chi connectivity index (χ4n) is 2.64. The molecule has 0 aliphatic rings. The summed E-state index contributed by atoms with van der Waals surface area (Å²) in [5.41, 5.74) is 6.33. The van der Waals surface area contributed by atoms with Gasteiger partial charge in [-0.1, -0.05) is 51.1 Å². The van der Waals surface area contributed by atoms with E-state index in [1.165, 1.54) is 6.92 Å². The molecule has 0 aliphatic carbocycles. The van der Waals surface area contributed by atoms with Gasteiger partial charge in [0.1, 0.15) is 6.61 Å². The number of rotatable bonds is 10. The van der Waals surface area contributed by atoms with Crippen LogP contribution in [0.15, 0.2) is 30.3 Å². The van der Waals surface area contributed by atoms with Crippen molar-refractivity contribution in [3.8, 4) is 0 Å². The quantitative estimate of drug-likeness (QED) is 0.415. The third-order valence-electron chi connectivity index (χ3n) is 4.22. The van der Waals surface area contributed by atoms with Crippen molar-refractivity contribution in [2.75, 3.05) is 0 Å². The molecule has 9 nitrogen and oxygen atoms in total. The second kappa shape index (κ2) is 9.97. The monoisotopic (exact) mass is 416 g/mol. The van der Waals surface area contributed by atoms with Crippen LogP contribution in [-0.2, 0) is 26.3 Å². The number of hydrogen-bond acceptors (Lipinski definition) is 7. The lowest BCUT2D eigenvalue weighted by Crippen LogP contribution is -2.64. The molecule has 0 aromatic heterocycles. The minimum Gasteiger partial charge on any atom is -0.445 e. The first kappa shape index (κ1) is 24.0. The van der Waals surface area contributed by atoms with E-state index < -0.39 is 39.0 Å². The van der Waals surface area contributed by atoms with E-state index in [9.17, 15) is 27.7 Å². The van der Waals surface area contributed by atoms with E-state index in [2.05, 4.69) is 5.32 Å². The zero-order valence-electron chi connectivity index (χ0n) is 16.2. The molecule has 0 saturated carbocycles. The van der Waals surface area contributed by atoms with Gasteiger partial charge in [-0.05, 0) is 24.3 Å². The van der Waals surface area contributed by atoms with Crippen molar-refractivity contribution >= 4 is 22.0 Å². The highest BCUT2D eigenvalue weighted by Crippen LogP contribution is 2.24. The van der Waals surface area contributed by atoms with Crippen LogP contribution in [0.25, 0.3) is 0 Å². The molecule has 0 radical (unpaired) electrons. The van der Waals surface area contributed by atoms with Crippen molar-refractivity contribution in [3.63, 3.8) is 0 Å². The van der Waals surface area contributed by atoms with Gasteiger partial charge in [-0.3, -0.25) is 9.35 Å². The van der Waals surface area contributed by atoms with Crippen molar-refractivity contribution < 1.29 is 32.4 Å². The average molecular weight is 416 g/mol. The molecule has 0 heterocycles. The van der Waals surface area contributed by atoms with E-state index in [1.54, 1.807) is 44.2 Å². The van der Waals surface area contributed by atoms with E-state index in [4.69, 9.17) is 10.5 Å². The van der Waals surface area contributed by atoms with E-state index in [1.807, 2.05) is 0 Å². The Balaban J connectivity index is 3.02. The van der Waals surface area contributed by atoms with Crippen LogP contribution in [0.1, 0.15) is 39.2 Å². The van der Waals surface area contributed by atoms with Crippen LogP contribution in [0.2, 0.25) is 0 Å². The lowest BCUT2D eigenvalue weighted by Gasteiger charge is -2.32. The Kier molecular flexibility index (Phi) is 8.55. The molecule has 5 N–H and O–H groups in total. The van der Waals surface area contributed by atoms with E-state index in [0.717, 1.165) is 0 Å². The zero-order chi connectivity index (χ0) is 21.5. The maximum atomic E-state index is 12.8. The van der Waals surface area contributed by atoms with Crippen LogP contribution >= 0.6 is 0 Å². The highest BCUT2D eigenvalue weighted by atomic mass is 32.2. The number of Topliss-reactive ketones (excluding diaryl/α,β-unsaturated/α-hetero) is 1. The van der Waals surface area contributed by atoms with Crippen LogP contribution < -0.4 is 11.1 Å². The normalized spacial score (nSPS) is 16.1. The Morgan fingerprint density at radius 2 is 1.82 bits per heavy atom. The number of ether oxygens (including phenoxy) is 1. The van der Waals surface area contributed by atoms with Gasteiger partial charge in [-0.2, -0.15) is 8.42 Å². The summed E-state index contributed by atoms with van der Waals surface area (Å²) in [7, 11) is -5.26. The predicted octanol–water partition coefficient (Wildman–Crippen LogP) is 1.21. The number of alkyl carbamates (subject to hydrolysis) is 1. The van der Waals surface area contributed by atoms with Crippen molar-refractivity contribution in [1.29, 1.82) is 0 Å². The van der Waals surface area contributed by atoms with Gasteiger partial charge in [0.05, 0.1) is 12.1 Å². The van der Waals surface area contributed by atoms with Crippen LogP contribution in [0.5, 0.6) is 0 Å². The molecule has 158 valence electrons. The van der Waals surface area contributed by atoms with Gasteiger partial charge in [0.25, 0.3) is 4.93 Å². The fourth-order valence-corrected chi connectivity index (χ4v) is 3.58. The smallest absolute Gasteiger partial charge is 0.408 e. The summed E-state index contributed by atoms with van der Waals surface area (Å²) in [4.78, 5) is 21.7. The number of aliphatic hydroxyl groups is 1. The van der Waals surface area contributed by atoms with Gasteiger partial charge < -0.3 is 20.9 Å². The molecule has 10 heteroatoms. The summed E-state index contributed by atoms with van der Waals surface area (Å²) in [5.74, 6) is -1.46. The van der Waals surface area contributed by atoms with Crippen molar-refractivity contribution in [3.05, 3.63) is 35.9 Å². The van der Waals surface area contributed by atoms with Gasteiger partial charge in [0.2, 0.25) is 5.78 Å². The number of nitrogens with two attached hydrogens (primary N) is 1. The number of benzene rings is 1. The Morgan fingerprint density at radius 1 is 1.25 bits per heavy atom. The third-order valence-corrected chi connectivity index (χ3v) is 5.51. The maximum absolute atomic E-state index is 12.8. The summed E-state index contributed by atoms with van der Waals surface area (Å²) in [6.45, 7) is 4.87. The SMILES string of the molecule is CCC(N)C(O)(C(=O)[C@H](CC(C)C)NC(=O)OCc1ccccc1)S(=O)(=O)O. The summed E-state index contributed by atoms with van der Waals surface area (Å²) in [5, 5.41) is 12.8. The van der Waals surface area contributed by atoms with Crippen LogP contribution in [-0.4, -0.2) is 47.0 Å². The molecule has 0 bridgehead atoms. The minimum absolute atomic E-state index is 0.00747. The van der Waals surface area contributed by atoms with E-state index in [0.29, 0.717) is 5.56 Å². The lowest BCUT2D eigenvalue weighted by atomic mass is 9.93. The standard InChI is InChI=1S/C18H28N2O7S/c1-4-15(19)18(23,28(24,25)26)16(21)14(10-12(2)3)20-17(22)27-11-13-8-6-5-7-9-13/h5-9,12,14-15,23H,4,10-11,19H2,1-3H3,(H,20,22)(H,24,25,26)/t14-,15?,18?/m0/s1. The second-order valence-electron chi connectivity index (χ2n) is 6.94. The average Bonchev–Trinajstić information content (AvgIpc) is 2.63. The molecule has 3 atom stereocenters. The Labute approximate surface area is 165 Å². The summed E-state index contributed by atoms with van der Waals surface area (Å²) >= 11 is 0. The minimum atomic E-state index is -5.26. The molecule has 1 amide bonds. The van der Waals surface area contributed by atoms with Crippen molar-refractivity contribution in [2.24, 2.45) is 11.7 Å². The maximum Gasteiger partial charge on any atom is 0.408 e. The molecule has 0 fully saturated rings. The molecule has 1 aromatic carbocycles. The van der Waals surface area contributed by atoms with E-state index >= 15 is 0 Å². The topological polar surface area (TPSA) is 156 Å². The molecule has 0 spiro atoms. The number of ketones is 1. The molecular formula is C18H28N2O7S. The first-order valence-electron chi connectivity index (χ1n) is 8.89. The molecule has 0 aliphatic heterocycles. The van der Waals surface area contributed by atoms with Gasteiger partial charge in [-0.25, -0.2) is 4.79 Å². The van der Waals surface area contributed by atoms with Gasteiger partial charge in [0.15, 0.2) is 0 Å². The molecule has 0 saturated heterocycles. The second-order valence-corrected chi connectivity index (χ2v) is 8.51.